The third-order valence-corrected chi connectivity index (χ3v) is 4.63. The second kappa shape index (κ2) is 5.49. The molecule has 2 fully saturated rings. The van der Waals surface area contributed by atoms with Gasteiger partial charge in [0.15, 0.2) is 0 Å². The Bertz CT molecular complexity index is 368. The van der Waals surface area contributed by atoms with Crippen LogP contribution >= 0.6 is 0 Å². The highest BCUT2D eigenvalue weighted by Gasteiger charge is 2.49. The number of aliphatic carboxylic acids is 1. The molecule has 1 aliphatic carbocycles. The zero-order valence-electron chi connectivity index (χ0n) is 11.7. The van der Waals surface area contributed by atoms with E-state index in [1.165, 1.54) is 0 Å². The highest BCUT2D eigenvalue weighted by atomic mass is 16.4. The molecule has 1 saturated heterocycles. The van der Waals surface area contributed by atoms with E-state index >= 15 is 0 Å². The first-order chi connectivity index (χ1) is 8.97. The number of rotatable bonds is 5. The van der Waals surface area contributed by atoms with Gasteiger partial charge in [-0.05, 0) is 51.0 Å². The predicted octanol–water partition coefficient (Wildman–Crippen LogP) is 1.13. The molecule has 0 bridgehead atoms. The van der Waals surface area contributed by atoms with Crippen LogP contribution in [0, 0.1) is 11.8 Å². The summed E-state index contributed by atoms with van der Waals surface area (Å²) in [6.07, 6.45) is 4.75. The highest BCUT2D eigenvalue weighted by Crippen LogP contribution is 2.39. The van der Waals surface area contributed by atoms with Crippen LogP contribution in [0.2, 0.25) is 0 Å². The van der Waals surface area contributed by atoms with E-state index in [-0.39, 0.29) is 17.9 Å². The van der Waals surface area contributed by atoms with Crippen LogP contribution in [0.4, 0.5) is 0 Å². The minimum Gasteiger partial charge on any atom is -0.480 e. The number of carboxylic acids is 1. The molecule has 1 amide bonds. The van der Waals surface area contributed by atoms with Crippen molar-refractivity contribution in [3.05, 3.63) is 0 Å². The maximum atomic E-state index is 12.3. The van der Waals surface area contributed by atoms with E-state index in [0.717, 1.165) is 38.6 Å². The Labute approximate surface area is 114 Å². The Morgan fingerprint density at radius 1 is 1.37 bits per heavy atom. The molecule has 3 N–H and O–H groups in total. The van der Waals surface area contributed by atoms with Gasteiger partial charge in [0, 0.05) is 0 Å². The monoisotopic (exact) mass is 268 g/mol. The number of hydrogen-bond donors (Lipinski definition) is 3. The number of carboxylic acid groups (broad SMARTS) is 1. The van der Waals surface area contributed by atoms with Crippen molar-refractivity contribution < 1.29 is 14.7 Å². The van der Waals surface area contributed by atoms with Gasteiger partial charge in [-0.3, -0.25) is 4.79 Å². The van der Waals surface area contributed by atoms with Gasteiger partial charge in [-0.25, -0.2) is 4.79 Å². The minimum absolute atomic E-state index is 0.0829. The van der Waals surface area contributed by atoms with Crippen molar-refractivity contribution in [2.45, 2.75) is 57.5 Å². The van der Waals surface area contributed by atoms with Gasteiger partial charge in [0.25, 0.3) is 0 Å². The van der Waals surface area contributed by atoms with Crippen LogP contribution in [0.3, 0.4) is 0 Å². The van der Waals surface area contributed by atoms with E-state index in [1.807, 2.05) is 0 Å². The molecule has 19 heavy (non-hydrogen) atoms. The Balaban J connectivity index is 1.97. The van der Waals surface area contributed by atoms with E-state index in [1.54, 1.807) is 6.92 Å². The fourth-order valence-corrected chi connectivity index (χ4v) is 2.90. The molecule has 0 aromatic carbocycles. The highest BCUT2D eigenvalue weighted by molar-refractivity contribution is 5.89. The summed E-state index contributed by atoms with van der Waals surface area (Å²) in [6.45, 7) is 4.60. The van der Waals surface area contributed by atoms with E-state index in [0.29, 0.717) is 5.92 Å². The fraction of sp³-hybridized carbons (Fsp3) is 0.857. The first kappa shape index (κ1) is 14.3. The van der Waals surface area contributed by atoms with E-state index in [2.05, 4.69) is 17.6 Å². The Hall–Kier alpha value is -1.10. The van der Waals surface area contributed by atoms with Gasteiger partial charge < -0.3 is 15.7 Å². The molecule has 1 saturated carbocycles. The van der Waals surface area contributed by atoms with Crippen LogP contribution < -0.4 is 10.6 Å². The van der Waals surface area contributed by atoms with Crippen molar-refractivity contribution in [2.24, 2.45) is 11.8 Å². The van der Waals surface area contributed by atoms with E-state index in [9.17, 15) is 14.7 Å². The number of carbonyl (C=O) groups is 2. The Morgan fingerprint density at radius 2 is 2.05 bits per heavy atom. The number of amides is 1. The van der Waals surface area contributed by atoms with Crippen LogP contribution in [-0.2, 0) is 9.59 Å². The molecular formula is C14H24N2O3. The molecule has 2 rings (SSSR count). The summed E-state index contributed by atoms with van der Waals surface area (Å²) in [5, 5.41) is 15.3. The topological polar surface area (TPSA) is 78.4 Å². The maximum absolute atomic E-state index is 12.3. The molecule has 5 heteroatoms. The third-order valence-electron chi connectivity index (χ3n) is 4.63. The Morgan fingerprint density at radius 3 is 2.58 bits per heavy atom. The number of carbonyl (C=O) groups excluding carboxylic acids is 1. The zero-order chi connectivity index (χ0) is 14.0. The first-order valence-corrected chi connectivity index (χ1v) is 7.26. The first-order valence-electron chi connectivity index (χ1n) is 7.26. The van der Waals surface area contributed by atoms with Crippen LogP contribution in [0.1, 0.15) is 46.0 Å². The molecule has 108 valence electrons. The van der Waals surface area contributed by atoms with E-state index in [4.69, 9.17) is 0 Å². The van der Waals surface area contributed by atoms with Gasteiger partial charge in [-0.15, -0.1) is 0 Å². The largest absolute Gasteiger partial charge is 0.480 e. The average molecular weight is 268 g/mol. The molecule has 1 aliphatic heterocycles. The lowest BCUT2D eigenvalue weighted by Crippen LogP contribution is -2.59. The van der Waals surface area contributed by atoms with Crippen molar-refractivity contribution in [3.63, 3.8) is 0 Å². The lowest BCUT2D eigenvalue weighted by Gasteiger charge is -2.33. The normalized spacial score (nSPS) is 30.4. The van der Waals surface area contributed by atoms with Gasteiger partial charge in [-0.1, -0.05) is 13.3 Å². The number of nitrogens with one attached hydrogen (secondary N) is 2. The molecule has 5 nitrogen and oxygen atoms in total. The van der Waals surface area contributed by atoms with Crippen molar-refractivity contribution in [1.29, 1.82) is 0 Å². The van der Waals surface area contributed by atoms with Crippen LogP contribution in [0.5, 0.6) is 0 Å². The second-order valence-electron chi connectivity index (χ2n) is 6.08. The van der Waals surface area contributed by atoms with Crippen molar-refractivity contribution >= 4 is 11.9 Å². The predicted molar refractivity (Wildman–Crippen MR) is 71.7 cm³/mol. The minimum atomic E-state index is -1.10. The summed E-state index contributed by atoms with van der Waals surface area (Å²) >= 11 is 0. The van der Waals surface area contributed by atoms with Crippen LogP contribution in [0.15, 0.2) is 0 Å². The molecule has 0 spiro atoms. The molecule has 3 atom stereocenters. The van der Waals surface area contributed by atoms with Gasteiger partial charge in [0.05, 0.1) is 6.04 Å². The lowest BCUT2D eigenvalue weighted by molar-refractivity contribution is -0.148. The Kier molecular flexibility index (Phi) is 4.13. The summed E-state index contributed by atoms with van der Waals surface area (Å²) in [5.41, 5.74) is -1.10. The molecule has 1 heterocycles. The fourth-order valence-electron chi connectivity index (χ4n) is 2.90. The summed E-state index contributed by atoms with van der Waals surface area (Å²) in [7, 11) is 0. The van der Waals surface area contributed by atoms with Gasteiger partial charge in [0.1, 0.15) is 5.54 Å². The van der Waals surface area contributed by atoms with E-state index < -0.39 is 11.5 Å². The zero-order valence-corrected chi connectivity index (χ0v) is 11.7. The summed E-state index contributed by atoms with van der Waals surface area (Å²) < 4.78 is 0. The van der Waals surface area contributed by atoms with Crippen molar-refractivity contribution in [3.8, 4) is 0 Å². The summed E-state index contributed by atoms with van der Waals surface area (Å²) in [6, 6.07) is -0.240. The van der Waals surface area contributed by atoms with Gasteiger partial charge in [0.2, 0.25) is 5.91 Å². The average Bonchev–Trinajstić information content (AvgIpc) is 3.23. The number of hydrogen-bond acceptors (Lipinski definition) is 3. The van der Waals surface area contributed by atoms with Gasteiger partial charge >= 0.3 is 5.97 Å². The van der Waals surface area contributed by atoms with Gasteiger partial charge in [-0.2, -0.15) is 0 Å². The molecule has 0 aromatic rings. The van der Waals surface area contributed by atoms with Crippen LogP contribution in [0.25, 0.3) is 0 Å². The molecule has 2 aliphatic rings. The van der Waals surface area contributed by atoms with Crippen molar-refractivity contribution in [2.75, 3.05) is 6.54 Å². The van der Waals surface area contributed by atoms with Crippen molar-refractivity contribution in [1.82, 2.24) is 10.6 Å². The second-order valence-corrected chi connectivity index (χ2v) is 6.08. The molecule has 3 unspecified atom stereocenters. The molecule has 0 aromatic heterocycles. The molecular weight excluding hydrogens is 244 g/mol. The lowest BCUT2D eigenvalue weighted by atomic mass is 9.89. The SMILES string of the molecule is CCC1CCNC(C(=O)NC(C)(C(=O)O)C2CC2)C1. The maximum Gasteiger partial charge on any atom is 0.329 e. The smallest absolute Gasteiger partial charge is 0.329 e. The third kappa shape index (κ3) is 3.08. The van der Waals surface area contributed by atoms with Crippen LogP contribution in [-0.4, -0.2) is 35.1 Å². The molecule has 0 radical (unpaired) electrons. The number of piperidine rings is 1. The standard InChI is InChI=1S/C14H24N2O3/c1-3-9-6-7-15-11(8-9)12(17)16-14(2,13(18)19)10-4-5-10/h9-11,15H,3-8H2,1-2H3,(H,16,17)(H,18,19). The summed E-state index contributed by atoms with van der Waals surface area (Å²) in [4.78, 5) is 23.7. The quantitative estimate of drug-likeness (QED) is 0.698. The summed E-state index contributed by atoms with van der Waals surface area (Å²) in [5.74, 6) is -0.435.